The Balaban J connectivity index is 4.68. The van der Waals surface area contributed by atoms with E-state index in [1.807, 2.05) is 0 Å². The molecule has 0 aliphatic carbocycles. The molecule has 0 bridgehead atoms. The fourth-order valence-electron chi connectivity index (χ4n) is 0.386. The molecule has 0 radical (unpaired) electrons. The van der Waals surface area contributed by atoms with Crippen LogP contribution in [0, 0.1) is 0 Å². The number of hydrogen-bond acceptors (Lipinski definition) is 5. The average Bonchev–Trinajstić information content (AvgIpc) is 1.82. The molecule has 1 atom stereocenters. The highest BCUT2D eigenvalue weighted by Crippen LogP contribution is 1.97. The number of hydrogen-bond donors (Lipinski definition) is 1. The molecule has 0 aromatic heterocycles. The van der Waals surface area contributed by atoms with Gasteiger partial charge in [0.25, 0.3) is 0 Å². The van der Waals surface area contributed by atoms with Crippen LogP contribution < -0.4 is 0 Å². The molecule has 0 amide bonds. The van der Waals surface area contributed by atoms with Gasteiger partial charge in [-0.15, -0.1) is 0 Å². The van der Waals surface area contributed by atoms with Gasteiger partial charge in [0.2, 0.25) is 10.3 Å². The third kappa shape index (κ3) is 4.44. The van der Waals surface area contributed by atoms with Gasteiger partial charge in [-0.1, -0.05) is 0 Å². The molecular weight excluding hydrogens is 208 g/mol. The summed E-state index contributed by atoms with van der Waals surface area (Å²) in [5.41, 5.74) is 0. The van der Waals surface area contributed by atoms with Crippen molar-refractivity contribution in [1.29, 1.82) is 0 Å². The largest absolute Gasteiger partial charge is 0.397 e. The van der Waals surface area contributed by atoms with E-state index in [9.17, 15) is 16.8 Å². The molecule has 0 aromatic rings. The monoisotopic (exact) mass is 216 g/mol. The second-order valence-electron chi connectivity index (χ2n) is 2.01. The molecule has 6 nitrogen and oxygen atoms in total. The molecule has 0 aromatic carbocycles. The quantitative estimate of drug-likeness (QED) is 0.493. The Labute approximate surface area is 71.6 Å². The first-order valence-corrected chi connectivity index (χ1v) is 5.26. The van der Waals surface area contributed by atoms with E-state index < -0.39 is 26.8 Å². The van der Waals surface area contributed by atoms with E-state index in [1.54, 1.807) is 0 Å². The predicted octanol–water partition coefficient (Wildman–Crippen LogP) is -0.734. The average molecular weight is 216 g/mol. The van der Waals surface area contributed by atoms with E-state index in [1.165, 1.54) is 13.8 Å². The summed E-state index contributed by atoms with van der Waals surface area (Å²) in [7, 11) is -7.11. The van der Waals surface area contributed by atoms with Gasteiger partial charge in [0, 0.05) is 0 Å². The minimum absolute atomic E-state index is 0.201. The maximum Gasteiger partial charge on any atom is 0.397 e. The van der Waals surface area contributed by atoms with Crippen molar-refractivity contribution in [2.24, 2.45) is 0 Å². The summed E-state index contributed by atoms with van der Waals surface area (Å²) in [6, 6.07) is 0. The third-order valence-corrected chi connectivity index (χ3v) is 2.49. The molecule has 0 heterocycles. The molecule has 8 heteroatoms. The lowest BCUT2D eigenvalue weighted by Gasteiger charge is -2.05. The Bertz CT molecular complexity index is 366. The minimum atomic E-state index is -4.60. The molecule has 0 aliphatic heterocycles. The van der Waals surface area contributed by atoms with Crippen LogP contribution in [0.4, 0.5) is 0 Å². The topological polar surface area (TPSA) is 97.7 Å². The zero-order valence-corrected chi connectivity index (χ0v) is 8.02. The smallest absolute Gasteiger partial charge is 0.264 e. The normalized spacial score (nSPS) is 13.9. The van der Waals surface area contributed by atoms with E-state index in [0.717, 1.165) is 0 Å². The highest BCUT2D eigenvalue weighted by Gasteiger charge is 2.15. The van der Waals surface area contributed by atoms with Gasteiger partial charge in [-0.25, -0.2) is 4.18 Å². The Morgan fingerprint density at radius 3 is 2.17 bits per heavy atom. The fourth-order valence-corrected chi connectivity index (χ4v) is 1.27. The van der Waals surface area contributed by atoms with Crippen LogP contribution in [0.2, 0.25) is 0 Å². The van der Waals surface area contributed by atoms with E-state index >= 15 is 0 Å². The standard InChI is InChI=1S/C4H8O6S2/c1-3(4(2)11(5)6)10-12(7,8)9/h3H,1-2H3,(H,7,8,9). The maximum absolute atomic E-state index is 10.2. The summed E-state index contributed by atoms with van der Waals surface area (Å²) in [5.74, 6) is 0. The highest BCUT2D eigenvalue weighted by molar-refractivity contribution is 7.81. The van der Waals surface area contributed by atoms with E-state index in [2.05, 4.69) is 4.18 Å². The molecule has 0 saturated carbocycles. The molecule has 1 N–H and O–H groups in total. The third-order valence-electron chi connectivity index (χ3n) is 1.10. The van der Waals surface area contributed by atoms with Crippen molar-refractivity contribution in [2.75, 3.05) is 0 Å². The van der Waals surface area contributed by atoms with Gasteiger partial charge in [0.1, 0.15) is 6.10 Å². The zero-order valence-electron chi connectivity index (χ0n) is 6.38. The van der Waals surface area contributed by atoms with Crippen molar-refractivity contribution in [2.45, 2.75) is 20.0 Å². The highest BCUT2D eigenvalue weighted by atomic mass is 32.3. The second kappa shape index (κ2) is 3.99. The first-order valence-electron chi connectivity index (χ1n) is 2.82. The maximum atomic E-state index is 10.2. The van der Waals surface area contributed by atoms with Crippen LogP contribution in [0.5, 0.6) is 0 Å². The summed E-state index contributed by atoms with van der Waals surface area (Å²) in [4.78, 5) is -0.201. The molecule has 0 rings (SSSR count). The summed E-state index contributed by atoms with van der Waals surface area (Å²) >= 11 is 0. The van der Waals surface area contributed by atoms with E-state index in [-0.39, 0.29) is 4.86 Å². The minimum Gasteiger partial charge on any atom is -0.264 e. The van der Waals surface area contributed by atoms with Crippen molar-refractivity contribution in [3.8, 4) is 0 Å². The Morgan fingerprint density at radius 2 is 1.92 bits per heavy atom. The Kier molecular flexibility index (Phi) is 3.84. The van der Waals surface area contributed by atoms with Crippen molar-refractivity contribution in [1.82, 2.24) is 0 Å². The van der Waals surface area contributed by atoms with Crippen LogP contribution in [0.1, 0.15) is 13.8 Å². The number of rotatable bonds is 3. The van der Waals surface area contributed by atoms with E-state index in [0.29, 0.717) is 0 Å². The Morgan fingerprint density at radius 1 is 1.50 bits per heavy atom. The zero-order chi connectivity index (χ0) is 9.94. The summed E-state index contributed by atoms with van der Waals surface area (Å²) in [6.07, 6.45) is -1.18. The molecular formula is C4H8O6S2. The molecule has 0 fully saturated rings. The summed E-state index contributed by atoms with van der Waals surface area (Å²) < 4.78 is 52.8. The van der Waals surface area contributed by atoms with Crippen molar-refractivity contribution in [3.05, 3.63) is 0 Å². The molecule has 12 heavy (non-hydrogen) atoms. The summed E-state index contributed by atoms with van der Waals surface area (Å²) in [5, 5.41) is 0. The van der Waals surface area contributed by atoms with Crippen LogP contribution in [-0.2, 0) is 24.9 Å². The van der Waals surface area contributed by atoms with Crippen LogP contribution >= 0.6 is 0 Å². The van der Waals surface area contributed by atoms with Crippen molar-refractivity contribution >= 4 is 25.6 Å². The Hall–Kier alpha value is -0.440. The molecule has 72 valence electrons. The predicted molar refractivity (Wildman–Crippen MR) is 41.7 cm³/mol. The van der Waals surface area contributed by atoms with Crippen LogP contribution in [0.25, 0.3) is 0 Å². The molecule has 1 unspecified atom stereocenters. The molecule has 0 saturated heterocycles. The first kappa shape index (κ1) is 11.6. The van der Waals surface area contributed by atoms with Gasteiger partial charge in [0.15, 0.2) is 0 Å². The first-order chi connectivity index (χ1) is 5.24. The van der Waals surface area contributed by atoms with E-state index in [4.69, 9.17) is 4.55 Å². The van der Waals surface area contributed by atoms with Gasteiger partial charge in [0.05, 0.1) is 4.86 Å². The van der Waals surface area contributed by atoms with Crippen molar-refractivity contribution in [3.63, 3.8) is 0 Å². The summed E-state index contributed by atoms with van der Waals surface area (Å²) in [6.45, 7) is 2.37. The van der Waals surface area contributed by atoms with Gasteiger partial charge in [-0.05, 0) is 13.8 Å². The lowest BCUT2D eigenvalue weighted by atomic mass is 10.3. The van der Waals surface area contributed by atoms with Gasteiger partial charge < -0.3 is 0 Å². The fraction of sp³-hybridized carbons (Fsp3) is 0.750. The molecule has 0 aliphatic rings. The second-order valence-corrected chi connectivity index (χ2v) is 4.17. The van der Waals surface area contributed by atoms with Crippen LogP contribution in [0.15, 0.2) is 0 Å². The van der Waals surface area contributed by atoms with Gasteiger partial charge in [-0.3, -0.25) is 4.55 Å². The van der Waals surface area contributed by atoms with Gasteiger partial charge in [-0.2, -0.15) is 16.8 Å². The molecule has 0 spiro atoms. The van der Waals surface area contributed by atoms with Gasteiger partial charge >= 0.3 is 10.4 Å². The lowest BCUT2D eigenvalue weighted by molar-refractivity contribution is 0.248. The van der Waals surface area contributed by atoms with Crippen molar-refractivity contribution < 1.29 is 25.6 Å². The van der Waals surface area contributed by atoms with Crippen LogP contribution in [-0.4, -0.2) is 32.4 Å². The van der Waals surface area contributed by atoms with Crippen LogP contribution in [0.3, 0.4) is 0 Å². The lowest BCUT2D eigenvalue weighted by Crippen LogP contribution is -2.22. The SMILES string of the molecule is CC(C(C)OS(=O)(=O)O)=S(=O)=O.